The number of pyridine rings is 1. The van der Waals surface area contributed by atoms with Gasteiger partial charge in [0.2, 0.25) is 0 Å². The van der Waals surface area contributed by atoms with E-state index in [1.54, 1.807) is 26.1 Å². The third kappa shape index (κ3) is 3.53. The molecule has 2 rings (SSSR count). The van der Waals surface area contributed by atoms with Gasteiger partial charge < -0.3 is 10.6 Å². The molecule has 0 fully saturated rings. The number of benzene rings is 1. The number of hydrogen-bond acceptors (Lipinski definition) is 3. The highest BCUT2D eigenvalue weighted by Crippen LogP contribution is 2.17. The number of carbonyl (C=O) groups is 1. The lowest BCUT2D eigenvalue weighted by Gasteiger charge is -2.15. The fraction of sp³-hybridized carbons (Fsp3) is 0.200. The van der Waals surface area contributed by atoms with Crippen LogP contribution in [0.15, 0.2) is 36.5 Å². The number of halogens is 2. The van der Waals surface area contributed by atoms with E-state index in [-0.39, 0.29) is 17.2 Å². The van der Waals surface area contributed by atoms with Crippen LogP contribution in [0.25, 0.3) is 0 Å². The molecule has 6 heteroatoms. The van der Waals surface area contributed by atoms with E-state index in [1.807, 2.05) is 0 Å². The smallest absolute Gasteiger partial charge is 0.255 e. The zero-order chi connectivity index (χ0) is 15.4. The minimum atomic E-state index is -0.599. The van der Waals surface area contributed by atoms with Gasteiger partial charge in [0, 0.05) is 7.05 Å². The maximum atomic E-state index is 13.2. The fourth-order valence-corrected chi connectivity index (χ4v) is 1.95. The van der Waals surface area contributed by atoms with Gasteiger partial charge in [-0.3, -0.25) is 4.79 Å². The molecule has 1 aromatic heterocycles. The Hall–Kier alpha value is -2.50. The second kappa shape index (κ2) is 6.30. The van der Waals surface area contributed by atoms with E-state index in [2.05, 4.69) is 15.6 Å². The van der Waals surface area contributed by atoms with Crippen molar-refractivity contribution in [1.29, 1.82) is 0 Å². The molecule has 0 spiro atoms. The molecule has 0 bridgehead atoms. The number of nitrogens with zero attached hydrogens (tertiary/aromatic N) is 1. The van der Waals surface area contributed by atoms with Crippen LogP contribution in [0.1, 0.15) is 28.9 Å². The predicted molar refractivity (Wildman–Crippen MR) is 76.0 cm³/mol. The van der Waals surface area contributed by atoms with Gasteiger partial charge in [0.15, 0.2) is 0 Å². The van der Waals surface area contributed by atoms with Crippen LogP contribution in [-0.2, 0) is 0 Å². The number of amides is 1. The third-order valence-corrected chi connectivity index (χ3v) is 3.03. The summed E-state index contributed by atoms with van der Waals surface area (Å²) in [6, 6.07) is 6.63. The van der Waals surface area contributed by atoms with Crippen molar-refractivity contribution in [2.45, 2.75) is 13.0 Å². The summed E-state index contributed by atoms with van der Waals surface area (Å²) < 4.78 is 26.4. The van der Waals surface area contributed by atoms with Gasteiger partial charge in [-0.1, -0.05) is 12.1 Å². The number of nitrogens with one attached hydrogen (secondary N) is 2. The Bertz CT molecular complexity index is 661. The Morgan fingerprint density at radius 1 is 1.24 bits per heavy atom. The molecule has 1 unspecified atom stereocenters. The Morgan fingerprint density at radius 3 is 2.67 bits per heavy atom. The SMILES string of the molecule is CNc1ncc(F)cc1C(=O)NC(C)c1cccc(F)c1. The standard InChI is InChI=1S/C15H15F2N3O/c1-9(10-4-3-5-11(16)6-10)20-15(21)13-7-12(17)8-19-14(13)18-2/h3-9H,1-2H3,(H,18,19)(H,20,21). The molecule has 110 valence electrons. The van der Waals surface area contributed by atoms with Crippen LogP contribution in [0, 0.1) is 11.6 Å². The third-order valence-electron chi connectivity index (χ3n) is 3.03. The Balaban J connectivity index is 2.20. The minimum absolute atomic E-state index is 0.0979. The monoisotopic (exact) mass is 291 g/mol. The maximum Gasteiger partial charge on any atom is 0.255 e. The molecule has 2 N–H and O–H groups in total. The van der Waals surface area contributed by atoms with Crippen molar-refractivity contribution in [2.24, 2.45) is 0 Å². The molecule has 2 aromatic rings. The molecule has 0 radical (unpaired) electrons. The zero-order valence-corrected chi connectivity index (χ0v) is 11.7. The van der Waals surface area contributed by atoms with Crippen molar-refractivity contribution in [3.8, 4) is 0 Å². The number of aromatic nitrogens is 1. The molecule has 1 aromatic carbocycles. The number of carbonyl (C=O) groups excluding carboxylic acids is 1. The molecule has 0 aliphatic heterocycles. The highest BCUT2D eigenvalue weighted by atomic mass is 19.1. The summed E-state index contributed by atoms with van der Waals surface area (Å²) in [6.07, 6.45) is 1.03. The average molecular weight is 291 g/mol. The van der Waals surface area contributed by atoms with E-state index in [9.17, 15) is 13.6 Å². The highest BCUT2D eigenvalue weighted by molar-refractivity contribution is 5.98. The van der Waals surface area contributed by atoms with Gasteiger partial charge >= 0.3 is 0 Å². The summed E-state index contributed by atoms with van der Waals surface area (Å²) >= 11 is 0. The quantitative estimate of drug-likeness (QED) is 0.910. The van der Waals surface area contributed by atoms with Crippen molar-refractivity contribution in [3.05, 3.63) is 59.3 Å². The van der Waals surface area contributed by atoms with Gasteiger partial charge in [-0.25, -0.2) is 13.8 Å². The normalized spacial score (nSPS) is 11.8. The first kappa shape index (κ1) is 14.9. The number of anilines is 1. The second-order valence-electron chi connectivity index (χ2n) is 4.55. The van der Waals surface area contributed by atoms with Gasteiger partial charge in [-0.15, -0.1) is 0 Å². The van der Waals surface area contributed by atoms with Crippen molar-refractivity contribution < 1.29 is 13.6 Å². The van der Waals surface area contributed by atoms with Crippen molar-refractivity contribution in [2.75, 3.05) is 12.4 Å². The van der Waals surface area contributed by atoms with Gasteiger partial charge in [0.05, 0.1) is 17.8 Å². The highest BCUT2D eigenvalue weighted by Gasteiger charge is 2.16. The fourth-order valence-electron chi connectivity index (χ4n) is 1.95. The van der Waals surface area contributed by atoms with E-state index in [0.717, 1.165) is 12.3 Å². The molecule has 1 amide bonds. The maximum absolute atomic E-state index is 13.2. The summed E-state index contributed by atoms with van der Waals surface area (Å²) in [5.74, 6) is -1.18. The average Bonchev–Trinajstić information content (AvgIpc) is 2.47. The van der Waals surface area contributed by atoms with Crippen molar-refractivity contribution in [3.63, 3.8) is 0 Å². The molecular weight excluding hydrogens is 276 g/mol. The first-order chi connectivity index (χ1) is 10.0. The van der Waals surface area contributed by atoms with Crippen molar-refractivity contribution >= 4 is 11.7 Å². The largest absolute Gasteiger partial charge is 0.372 e. The van der Waals surface area contributed by atoms with Crippen LogP contribution in [0.2, 0.25) is 0 Å². The lowest BCUT2D eigenvalue weighted by molar-refractivity contribution is 0.0940. The number of rotatable bonds is 4. The molecule has 0 aliphatic rings. The van der Waals surface area contributed by atoms with Crippen LogP contribution < -0.4 is 10.6 Å². The topological polar surface area (TPSA) is 54.0 Å². The van der Waals surface area contributed by atoms with Gasteiger partial charge in [-0.2, -0.15) is 0 Å². The summed E-state index contributed by atoms with van der Waals surface area (Å²) in [6.45, 7) is 1.72. The van der Waals surface area contributed by atoms with Gasteiger partial charge in [0.25, 0.3) is 5.91 Å². The Morgan fingerprint density at radius 2 is 2.00 bits per heavy atom. The van der Waals surface area contributed by atoms with Crippen LogP contribution in [-0.4, -0.2) is 17.9 Å². The Kier molecular flexibility index (Phi) is 4.47. The zero-order valence-electron chi connectivity index (χ0n) is 11.7. The predicted octanol–water partition coefficient (Wildman–Crippen LogP) is 2.89. The molecule has 0 aliphatic carbocycles. The van der Waals surface area contributed by atoms with Gasteiger partial charge in [0.1, 0.15) is 17.5 Å². The summed E-state index contributed by atoms with van der Waals surface area (Å²) in [5, 5.41) is 5.42. The first-order valence-corrected chi connectivity index (χ1v) is 6.41. The molecule has 1 atom stereocenters. The first-order valence-electron chi connectivity index (χ1n) is 6.41. The van der Waals surface area contributed by atoms with E-state index < -0.39 is 17.8 Å². The Labute approximate surface area is 121 Å². The van der Waals surface area contributed by atoms with E-state index in [1.165, 1.54) is 12.1 Å². The molecule has 1 heterocycles. The summed E-state index contributed by atoms with van der Waals surface area (Å²) in [7, 11) is 1.59. The van der Waals surface area contributed by atoms with Crippen molar-refractivity contribution in [1.82, 2.24) is 10.3 Å². The van der Waals surface area contributed by atoms with Crippen LogP contribution in [0.5, 0.6) is 0 Å². The molecule has 21 heavy (non-hydrogen) atoms. The lowest BCUT2D eigenvalue weighted by atomic mass is 10.1. The number of hydrogen-bond donors (Lipinski definition) is 2. The summed E-state index contributed by atoms with van der Waals surface area (Å²) in [5.41, 5.74) is 0.722. The van der Waals surface area contributed by atoms with Crippen LogP contribution in [0.4, 0.5) is 14.6 Å². The molecule has 0 saturated heterocycles. The summed E-state index contributed by atoms with van der Waals surface area (Å²) in [4.78, 5) is 16.0. The lowest BCUT2D eigenvalue weighted by Crippen LogP contribution is -2.27. The molecule has 4 nitrogen and oxygen atoms in total. The molecule has 0 saturated carbocycles. The van der Waals surface area contributed by atoms with Gasteiger partial charge in [-0.05, 0) is 30.7 Å². The minimum Gasteiger partial charge on any atom is -0.372 e. The van der Waals surface area contributed by atoms with E-state index >= 15 is 0 Å². The van der Waals surface area contributed by atoms with Crippen LogP contribution in [0.3, 0.4) is 0 Å². The van der Waals surface area contributed by atoms with Crippen LogP contribution >= 0.6 is 0 Å². The second-order valence-corrected chi connectivity index (χ2v) is 4.55. The van der Waals surface area contributed by atoms with E-state index in [4.69, 9.17) is 0 Å². The van der Waals surface area contributed by atoms with E-state index in [0.29, 0.717) is 5.56 Å². The molecular formula is C15H15F2N3O.